The summed E-state index contributed by atoms with van der Waals surface area (Å²) >= 11 is 0. The molecular weight excluding hydrogens is 210 g/mol. The lowest BCUT2D eigenvalue weighted by Gasteiger charge is -2.30. The molecule has 1 aromatic rings. The second kappa shape index (κ2) is 6.01. The van der Waals surface area contributed by atoms with E-state index in [1.165, 1.54) is 11.1 Å². The molecule has 0 atom stereocenters. The molecule has 0 saturated carbocycles. The quantitative estimate of drug-likeness (QED) is 0.853. The van der Waals surface area contributed by atoms with Crippen molar-refractivity contribution in [1.29, 1.82) is 0 Å². The summed E-state index contributed by atoms with van der Waals surface area (Å²) in [5.74, 6) is 1.07. The van der Waals surface area contributed by atoms with Gasteiger partial charge >= 0.3 is 0 Å². The van der Waals surface area contributed by atoms with E-state index in [-0.39, 0.29) is 0 Å². The third-order valence-electron chi connectivity index (χ3n) is 3.02. The van der Waals surface area contributed by atoms with Crippen molar-refractivity contribution in [1.82, 2.24) is 4.98 Å². The summed E-state index contributed by atoms with van der Waals surface area (Å²) in [4.78, 5) is 7.04. The fraction of sp³-hybridized carbons (Fsp3) is 0.643. The van der Waals surface area contributed by atoms with E-state index in [4.69, 9.17) is 10.7 Å². The summed E-state index contributed by atoms with van der Waals surface area (Å²) in [6, 6.07) is 2.56. The minimum Gasteiger partial charge on any atom is -0.354 e. The van der Waals surface area contributed by atoms with Gasteiger partial charge in [-0.05, 0) is 45.7 Å². The van der Waals surface area contributed by atoms with Crippen LogP contribution in [0.4, 0.5) is 5.82 Å². The molecule has 0 aromatic carbocycles. The molecule has 0 bridgehead atoms. The molecule has 0 unspecified atom stereocenters. The van der Waals surface area contributed by atoms with Crippen LogP contribution in [0.5, 0.6) is 0 Å². The molecule has 1 heterocycles. The Balaban J connectivity index is 3.25. The van der Waals surface area contributed by atoms with Crippen molar-refractivity contribution in [3.63, 3.8) is 0 Å². The molecule has 3 nitrogen and oxygen atoms in total. The van der Waals surface area contributed by atoms with Crippen molar-refractivity contribution >= 4 is 5.82 Å². The standard InChI is InChI=1S/C14H25N3/c1-6-7-17(10(2)3)14-13(9-15)11(4)8-12(5)16-14/h8,10H,6-7,9,15H2,1-5H3. The second-order valence-corrected chi connectivity index (χ2v) is 4.87. The maximum atomic E-state index is 5.87. The average Bonchev–Trinajstić information content (AvgIpc) is 2.24. The minimum atomic E-state index is 0.453. The van der Waals surface area contributed by atoms with Crippen LogP contribution in [0.15, 0.2) is 6.07 Å². The molecule has 1 aromatic heterocycles. The fourth-order valence-corrected chi connectivity index (χ4v) is 2.18. The number of aromatic nitrogens is 1. The van der Waals surface area contributed by atoms with Crippen LogP contribution in [0.2, 0.25) is 0 Å². The van der Waals surface area contributed by atoms with E-state index in [0.717, 1.165) is 24.5 Å². The first-order chi connectivity index (χ1) is 8.01. The molecule has 0 spiro atoms. The van der Waals surface area contributed by atoms with Crippen LogP contribution in [0.1, 0.15) is 44.0 Å². The number of hydrogen-bond donors (Lipinski definition) is 1. The summed E-state index contributed by atoms with van der Waals surface area (Å²) in [7, 11) is 0. The Kier molecular flexibility index (Phi) is 4.94. The first kappa shape index (κ1) is 14.0. The molecule has 96 valence electrons. The van der Waals surface area contributed by atoms with Gasteiger partial charge in [-0.15, -0.1) is 0 Å². The SMILES string of the molecule is CCCN(c1nc(C)cc(C)c1CN)C(C)C. The van der Waals surface area contributed by atoms with Crippen molar-refractivity contribution < 1.29 is 0 Å². The van der Waals surface area contributed by atoms with E-state index in [1.807, 2.05) is 6.92 Å². The van der Waals surface area contributed by atoms with Gasteiger partial charge in [-0.3, -0.25) is 0 Å². The largest absolute Gasteiger partial charge is 0.354 e. The Morgan fingerprint density at radius 3 is 2.47 bits per heavy atom. The third kappa shape index (κ3) is 3.19. The molecule has 1 rings (SSSR count). The van der Waals surface area contributed by atoms with Gasteiger partial charge in [0, 0.05) is 30.4 Å². The topological polar surface area (TPSA) is 42.2 Å². The van der Waals surface area contributed by atoms with Crippen molar-refractivity contribution in [2.45, 2.75) is 53.6 Å². The van der Waals surface area contributed by atoms with Gasteiger partial charge in [0.2, 0.25) is 0 Å². The zero-order valence-electron chi connectivity index (χ0n) is 11.7. The highest BCUT2D eigenvalue weighted by molar-refractivity contribution is 5.52. The molecule has 0 aliphatic heterocycles. The molecule has 0 amide bonds. The molecule has 0 radical (unpaired) electrons. The van der Waals surface area contributed by atoms with Crippen LogP contribution < -0.4 is 10.6 Å². The summed E-state index contributed by atoms with van der Waals surface area (Å²) in [6.45, 7) is 12.3. The highest BCUT2D eigenvalue weighted by Crippen LogP contribution is 2.24. The van der Waals surface area contributed by atoms with Gasteiger partial charge in [0.05, 0.1) is 0 Å². The number of hydrogen-bond acceptors (Lipinski definition) is 3. The zero-order chi connectivity index (χ0) is 13.0. The number of nitrogens with two attached hydrogens (primary N) is 1. The van der Waals surface area contributed by atoms with Crippen molar-refractivity contribution in [2.24, 2.45) is 5.73 Å². The summed E-state index contributed by atoms with van der Waals surface area (Å²) < 4.78 is 0. The average molecular weight is 235 g/mol. The van der Waals surface area contributed by atoms with Crippen molar-refractivity contribution in [3.8, 4) is 0 Å². The van der Waals surface area contributed by atoms with Gasteiger partial charge in [-0.1, -0.05) is 6.92 Å². The lowest BCUT2D eigenvalue weighted by molar-refractivity contribution is 0.656. The lowest BCUT2D eigenvalue weighted by atomic mass is 10.1. The number of pyridine rings is 1. The molecular formula is C14H25N3. The molecule has 17 heavy (non-hydrogen) atoms. The predicted octanol–water partition coefficient (Wildman–Crippen LogP) is 2.78. The van der Waals surface area contributed by atoms with E-state index in [1.54, 1.807) is 0 Å². The Morgan fingerprint density at radius 2 is 2.00 bits per heavy atom. The van der Waals surface area contributed by atoms with Gasteiger partial charge in [-0.25, -0.2) is 4.98 Å². The van der Waals surface area contributed by atoms with E-state index < -0.39 is 0 Å². The second-order valence-electron chi connectivity index (χ2n) is 4.87. The van der Waals surface area contributed by atoms with Crippen molar-refractivity contribution in [2.75, 3.05) is 11.4 Å². The molecule has 3 heteroatoms. The summed E-state index contributed by atoms with van der Waals surface area (Å²) in [5, 5.41) is 0. The van der Waals surface area contributed by atoms with Crippen LogP contribution in [0, 0.1) is 13.8 Å². The predicted molar refractivity (Wildman–Crippen MR) is 74.4 cm³/mol. The van der Waals surface area contributed by atoms with Crippen LogP contribution in [-0.2, 0) is 6.54 Å². The number of rotatable bonds is 5. The van der Waals surface area contributed by atoms with Crippen molar-refractivity contribution in [3.05, 3.63) is 22.9 Å². The summed E-state index contributed by atoms with van der Waals surface area (Å²) in [6.07, 6.45) is 1.12. The molecule has 0 aliphatic carbocycles. The highest BCUT2D eigenvalue weighted by atomic mass is 15.2. The monoisotopic (exact) mass is 235 g/mol. The number of aryl methyl sites for hydroxylation is 2. The maximum absolute atomic E-state index is 5.87. The van der Waals surface area contributed by atoms with E-state index in [0.29, 0.717) is 12.6 Å². The molecule has 2 N–H and O–H groups in total. The van der Waals surface area contributed by atoms with Gasteiger partial charge in [0.25, 0.3) is 0 Å². The summed E-state index contributed by atoms with van der Waals surface area (Å²) in [5.41, 5.74) is 9.36. The van der Waals surface area contributed by atoms with Crippen LogP contribution >= 0.6 is 0 Å². The number of nitrogens with zero attached hydrogens (tertiary/aromatic N) is 2. The molecule has 0 aliphatic rings. The number of anilines is 1. The zero-order valence-corrected chi connectivity index (χ0v) is 11.7. The van der Waals surface area contributed by atoms with E-state index in [2.05, 4.69) is 38.7 Å². The van der Waals surface area contributed by atoms with Gasteiger partial charge in [0.15, 0.2) is 0 Å². The first-order valence-corrected chi connectivity index (χ1v) is 6.45. The Hall–Kier alpha value is -1.09. The smallest absolute Gasteiger partial charge is 0.133 e. The van der Waals surface area contributed by atoms with Gasteiger partial charge in [0.1, 0.15) is 5.82 Å². The van der Waals surface area contributed by atoms with Gasteiger partial charge < -0.3 is 10.6 Å². The van der Waals surface area contributed by atoms with Crippen LogP contribution in [-0.4, -0.2) is 17.6 Å². The Labute approximate surface area is 105 Å². The van der Waals surface area contributed by atoms with E-state index >= 15 is 0 Å². The minimum absolute atomic E-state index is 0.453. The van der Waals surface area contributed by atoms with E-state index in [9.17, 15) is 0 Å². The fourth-order valence-electron chi connectivity index (χ4n) is 2.18. The van der Waals surface area contributed by atoms with Gasteiger partial charge in [-0.2, -0.15) is 0 Å². The van der Waals surface area contributed by atoms with Crippen LogP contribution in [0.25, 0.3) is 0 Å². The maximum Gasteiger partial charge on any atom is 0.133 e. The first-order valence-electron chi connectivity index (χ1n) is 6.45. The Bertz CT molecular complexity index is 372. The van der Waals surface area contributed by atoms with Crippen LogP contribution in [0.3, 0.4) is 0 Å². The Morgan fingerprint density at radius 1 is 1.35 bits per heavy atom. The molecule has 0 fully saturated rings. The third-order valence-corrected chi connectivity index (χ3v) is 3.02. The molecule has 0 saturated heterocycles. The normalized spacial score (nSPS) is 11.0. The highest BCUT2D eigenvalue weighted by Gasteiger charge is 2.16. The lowest BCUT2D eigenvalue weighted by Crippen LogP contribution is -2.33.